The van der Waals surface area contributed by atoms with Gasteiger partial charge in [0.25, 0.3) is 5.56 Å². The van der Waals surface area contributed by atoms with Gasteiger partial charge in [-0.1, -0.05) is 25.1 Å². The van der Waals surface area contributed by atoms with E-state index >= 15 is 0 Å². The second-order valence-electron chi connectivity index (χ2n) is 10.3. The van der Waals surface area contributed by atoms with Crippen LogP contribution in [0.25, 0.3) is 10.9 Å². The van der Waals surface area contributed by atoms with Crippen LogP contribution in [0.2, 0.25) is 0 Å². The number of H-pyrrole nitrogens is 1. The predicted molar refractivity (Wildman–Crippen MR) is 142 cm³/mol. The van der Waals surface area contributed by atoms with Crippen LogP contribution in [0.5, 0.6) is 0 Å². The summed E-state index contributed by atoms with van der Waals surface area (Å²) in [6, 6.07) is 11.9. The maximum absolute atomic E-state index is 13.7. The van der Waals surface area contributed by atoms with Gasteiger partial charge < -0.3 is 9.72 Å². The molecule has 0 saturated carbocycles. The number of tetrazole rings is 1. The largest absolute Gasteiger partial charge is 0.377 e. The maximum atomic E-state index is 13.7. The lowest BCUT2D eigenvalue weighted by Crippen LogP contribution is -2.41. The highest BCUT2D eigenvalue weighted by atomic mass is 32.1. The molecule has 1 N–H and O–H groups in total. The van der Waals surface area contributed by atoms with E-state index < -0.39 is 6.04 Å². The van der Waals surface area contributed by atoms with Gasteiger partial charge in [-0.05, 0) is 85.0 Å². The van der Waals surface area contributed by atoms with Gasteiger partial charge in [-0.25, -0.2) is 4.68 Å². The van der Waals surface area contributed by atoms with Crippen LogP contribution in [0.3, 0.4) is 0 Å². The topological polar surface area (TPSA) is 88.9 Å². The molecule has 3 aromatic heterocycles. The number of rotatable bonds is 9. The number of nitrogens with zero attached hydrogens (tertiary/aromatic N) is 5. The van der Waals surface area contributed by atoms with Crippen molar-refractivity contribution in [2.75, 3.05) is 13.2 Å². The number of pyridine rings is 1. The van der Waals surface area contributed by atoms with Crippen LogP contribution in [0.15, 0.2) is 46.6 Å². The van der Waals surface area contributed by atoms with Crippen molar-refractivity contribution < 1.29 is 4.74 Å². The summed E-state index contributed by atoms with van der Waals surface area (Å²) in [5, 5.41) is 16.1. The maximum Gasteiger partial charge on any atom is 0.253 e. The average Bonchev–Trinajstić information content (AvgIpc) is 3.63. The average molecular weight is 507 g/mol. The minimum atomic E-state index is -0.438. The number of nitrogens with one attached hydrogen (secondary N) is 1. The van der Waals surface area contributed by atoms with E-state index in [1.807, 2.05) is 23.7 Å². The summed E-state index contributed by atoms with van der Waals surface area (Å²) in [6.45, 7) is 10.5. The molecule has 0 radical (unpaired) electrons. The minimum absolute atomic E-state index is 0.109. The minimum Gasteiger partial charge on any atom is -0.377 e. The molecule has 1 aromatic carbocycles. The SMILES string of the molecule is CCC(C)(C)n1nnnc1[C@@H](c1cc2ccc(C)cc2[nH]c1=O)N(Cc1cccs1)C[C@@H]1CCCO1. The quantitative estimate of drug-likeness (QED) is 0.351. The molecule has 2 atom stereocenters. The van der Waals surface area contributed by atoms with Crippen molar-refractivity contribution in [2.24, 2.45) is 0 Å². The Labute approximate surface area is 215 Å². The first kappa shape index (κ1) is 24.8. The van der Waals surface area contributed by atoms with Gasteiger partial charge in [-0.15, -0.1) is 16.4 Å². The number of ether oxygens (including phenoxy) is 1. The predicted octanol–water partition coefficient (Wildman–Crippen LogP) is 4.80. The fraction of sp³-hybridized carbons (Fsp3) is 0.481. The summed E-state index contributed by atoms with van der Waals surface area (Å²) in [6.07, 6.45) is 3.02. The molecule has 1 saturated heterocycles. The molecule has 1 aliphatic heterocycles. The lowest BCUT2D eigenvalue weighted by atomic mass is 9.98. The zero-order valence-corrected chi connectivity index (χ0v) is 22.2. The van der Waals surface area contributed by atoms with E-state index in [0.29, 0.717) is 24.5 Å². The van der Waals surface area contributed by atoms with Gasteiger partial charge in [-0.3, -0.25) is 9.69 Å². The van der Waals surface area contributed by atoms with Gasteiger partial charge >= 0.3 is 0 Å². The Morgan fingerprint density at radius 2 is 2.17 bits per heavy atom. The molecule has 0 amide bonds. The monoisotopic (exact) mass is 506 g/mol. The molecule has 8 nitrogen and oxygen atoms in total. The van der Waals surface area contributed by atoms with Crippen LogP contribution in [-0.4, -0.2) is 49.3 Å². The third kappa shape index (κ3) is 5.00. The van der Waals surface area contributed by atoms with Crippen LogP contribution >= 0.6 is 11.3 Å². The van der Waals surface area contributed by atoms with Crippen molar-refractivity contribution in [1.82, 2.24) is 30.1 Å². The molecule has 4 heterocycles. The Kier molecular flexibility index (Phi) is 7.05. The van der Waals surface area contributed by atoms with E-state index in [1.54, 1.807) is 11.3 Å². The summed E-state index contributed by atoms with van der Waals surface area (Å²) in [4.78, 5) is 20.3. The van der Waals surface area contributed by atoms with Crippen molar-refractivity contribution in [1.29, 1.82) is 0 Å². The third-order valence-corrected chi connectivity index (χ3v) is 8.13. The molecule has 0 spiro atoms. The van der Waals surface area contributed by atoms with E-state index in [1.165, 1.54) is 4.88 Å². The normalized spacial score (nSPS) is 17.3. The Morgan fingerprint density at radius 1 is 1.31 bits per heavy atom. The number of thiophene rings is 1. The first-order chi connectivity index (χ1) is 17.4. The Morgan fingerprint density at radius 3 is 2.89 bits per heavy atom. The van der Waals surface area contributed by atoms with Crippen molar-refractivity contribution >= 4 is 22.2 Å². The van der Waals surface area contributed by atoms with Crippen molar-refractivity contribution in [3.63, 3.8) is 0 Å². The number of aromatic amines is 1. The second-order valence-corrected chi connectivity index (χ2v) is 11.3. The van der Waals surface area contributed by atoms with Crippen molar-refractivity contribution in [3.8, 4) is 0 Å². The van der Waals surface area contributed by atoms with Crippen LogP contribution in [0.1, 0.15) is 67.9 Å². The van der Waals surface area contributed by atoms with Crippen LogP contribution in [0, 0.1) is 6.92 Å². The number of fused-ring (bicyclic) bond motifs is 1. The Hall–Kier alpha value is -2.88. The highest BCUT2D eigenvalue weighted by Gasteiger charge is 2.36. The fourth-order valence-electron chi connectivity index (χ4n) is 4.89. The zero-order valence-electron chi connectivity index (χ0n) is 21.4. The Balaban J connectivity index is 1.69. The molecular weight excluding hydrogens is 472 g/mol. The molecule has 1 aliphatic rings. The summed E-state index contributed by atoms with van der Waals surface area (Å²) >= 11 is 1.71. The molecule has 9 heteroatoms. The summed E-state index contributed by atoms with van der Waals surface area (Å²) in [5.41, 5.74) is 2.15. The number of hydrogen-bond acceptors (Lipinski definition) is 7. The van der Waals surface area contributed by atoms with Gasteiger partial charge in [0.15, 0.2) is 5.82 Å². The molecule has 4 aromatic rings. The van der Waals surface area contributed by atoms with Crippen molar-refractivity contribution in [3.05, 3.63) is 74.0 Å². The summed E-state index contributed by atoms with van der Waals surface area (Å²) < 4.78 is 7.95. The van der Waals surface area contributed by atoms with Gasteiger partial charge in [-0.2, -0.15) is 0 Å². The summed E-state index contributed by atoms with van der Waals surface area (Å²) in [5.74, 6) is 0.674. The van der Waals surface area contributed by atoms with Gasteiger partial charge in [0.05, 0.1) is 11.6 Å². The van der Waals surface area contributed by atoms with E-state index in [4.69, 9.17) is 4.74 Å². The van der Waals surface area contributed by atoms with E-state index in [-0.39, 0.29) is 17.2 Å². The molecule has 1 fully saturated rings. The van der Waals surface area contributed by atoms with Gasteiger partial charge in [0.1, 0.15) is 6.04 Å². The molecule has 0 aliphatic carbocycles. The molecule has 5 rings (SSSR count). The first-order valence-electron chi connectivity index (χ1n) is 12.7. The Bertz CT molecular complexity index is 1370. The summed E-state index contributed by atoms with van der Waals surface area (Å²) in [7, 11) is 0. The smallest absolute Gasteiger partial charge is 0.253 e. The number of benzene rings is 1. The molecule has 190 valence electrons. The molecule has 0 bridgehead atoms. The van der Waals surface area contributed by atoms with E-state index in [2.05, 4.69) is 75.8 Å². The second kappa shape index (κ2) is 10.2. The lowest BCUT2D eigenvalue weighted by Gasteiger charge is -2.34. The fourth-order valence-corrected chi connectivity index (χ4v) is 5.62. The van der Waals surface area contributed by atoms with Crippen LogP contribution in [-0.2, 0) is 16.8 Å². The van der Waals surface area contributed by atoms with E-state index in [9.17, 15) is 4.79 Å². The van der Waals surface area contributed by atoms with Crippen molar-refractivity contribution in [2.45, 2.75) is 71.2 Å². The number of hydrogen-bond donors (Lipinski definition) is 1. The lowest BCUT2D eigenvalue weighted by molar-refractivity contribution is 0.0566. The van der Waals surface area contributed by atoms with Gasteiger partial charge in [0, 0.05) is 35.7 Å². The standard InChI is InChI=1S/C27H34N6O2S/c1-5-27(3,4)33-25(29-30-31-33)24(22-15-19-11-10-18(2)14-23(19)28-26(22)34)32(16-20-8-6-12-35-20)17-21-9-7-13-36-21/h7,9-11,13-15,20,24H,5-6,8,12,16-17H2,1-4H3,(H,28,34)/t20-,24+/m0/s1. The molecule has 36 heavy (non-hydrogen) atoms. The highest BCUT2D eigenvalue weighted by molar-refractivity contribution is 7.09. The van der Waals surface area contributed by atoms with E-state index in [0.717, 1.165) is 42.3 Å². The van der Waals surface area contributed by atoms with Crippen LogP contribution < -0.4 is 5.56 Å². The molecule has 0 unspecified atom stereocenters. The number of aryl methyl sites for hydroxylation is 1. The van der Waals surface area contributed by atoms with Crippen LogP contribution in [0.4, 0.5) is 0 Å². The first-order valence-corrected chi connectivity index (χ1v) is 13.5. The highest BCUT2D eigenvalue weighted by Crippen LogP contribution is 2.33. The van der Waals surface area contributed by atoms with Gasteiger partial charge in [0.2, 0.25) is 0 Å². The zero-order chi connectivity index (χ0) is 25.3. The molecular formula is C27H34N6O2S. The third-order valence-electron chi connectivity index (χ3n) is 7.27. The number of aromatic nitrogens is 5.